The van der Waals surface area contributed by atoms with E-state index in [1.807, 2.05) is 20.9 Å². The molecule has 1 amide bonds. The standard InChI is InChI=1S/C11H18N4O/c1-4-15(5-2)10(16)9-14(3)11-12-7-6-8-13-11/h6-8H,4-5,9H2,1-3H3. The van der Waals surface area contributed by atoms with Crippen LogP contribution in [-0.2, 0) is 4.79 Å². The monoisotopic (exact) mass is 222 g/mol. The number of carbonyl (C=O) groups is 1. The van der Waals surface area contributed by atoms with Crippen LogP contribution in [0, 0.1) is 0 Å². The lowest BCUT2D eigenvalue weighted by molar-refractivity contribution is -0.129. The number of anilines is 1. The molecule has 0 unspecified atom stereocenters. The van der Waals surface area contributed by atoms with Gasteiger partial charge in [-0.1, -0.05) is 0 Å². The summed E-state index contributed by atoms with van der Waals surface area (Å²) in [6.45, 7) is 5.73. The normalized spacial score (nSPS) is 9.94. The van der Waals surface area contributed by atoms with Gasteiger partial charge < -0.3 is 9.80 Å². The van der Waals surface area contributed by atoms with Gasteiger partial charge in [0, 0.05) is 32.5 Å². The molecule has 1 aromatic heterocycles. The topological polar surface area (TPSA) is 49.3 Å². The fourth-order valence-corrected chi connectivity index (χ4v) is 1.44. The van der Waals surface area contributed by atoms with Crippen LogP contribution in [0.2, 0.25) is 0 Å². The fourth-order valence-electron chi connectivity index (χ4n) is 1.44. The summed E-state index contributed by atoms with van der Waals surface area (Å²) in [7, 11) is 1.82. The molecule has 88 valence electrons. The molecule has 0 bridgehead atoms. The summed E-state index contributed by atoms with van der Waals surface area (Å²) in [5.74, 6) is 0.669. The quantitative estimate of drug-likeness (QED) is 0.738. The van der Waals surface area contributed by atoms with Crippen molar-refractivity contribution in [3.63, 3.8) is 0 Å². The van der Waals surface area contributed by atoms with Crippen LogP contribution in [-0.4, -0.2) is 47.5 Å². The molecule has 0 aromatic carbocycles. The zero-order valence-electron chi connectivity index (χ0n) is 10.1. The van der Waals surface area contributed by atoms with Crippen LogP contribution in [0.1, 0.15) is 13.8 Å². The van der Waals surface area contributed by atoms with Crippen LogP contribution in [0.15, 0.2) is 18.5 Å². The summed E-state index contributed by atoms with van der Waals surface area (Å²) in [6.07, 6.45) is 3.33. The van der Waals surface area contributed by atoms with Gasteiger partial charge in [-0.05, 0) is 19.9 Å². The largest absolute Gasteiger partial charge is 0.342 e. The smallest absolute Gasteiger partial charge is 0.242 e. The van der Waals surface area contributed by atoms with Crippen LogP contribution in [0.25, 0.3) is 0 Å². The summed E-state index contributed by atoms with van der Waals surface area (Å²) >= 11 is 0. The van der Waals surface area contributed by atoms with Crippen LogP contribution in [0.5, 0.6) is 0 Å². The van der Waals surface area contributed by atoms with Crippen molar-refractivity contribution in [2.75, 3.05) is 31.6 Å². The maximum atomic E-state index is 11.8. The van der Waals surface area contributed by atoms with Gasteiger partial charge in [0.1, 0.15) is 0 Å². The van der Waals surface area contributed by atoms with Gasteiger partial charge >= 0.3 is 0 Å². The molecule has 0 spiro atoms. The van der Waals surface area contributed by atoms with Gasteiger partial charge in [-0.15, -0.1) is 0 Å². The molecule has 0 aliphatic carbocycles. The summed E-state index contributed by atoms with van der Waals surface area (Å²) in [5.41, 5.74) is 0. The van der Waals surface area contributed by atoms with Crippen molar-refractivity contribution in [2.45, 2.75) is 13.8 Å². The Morgan fingerprint density at radius 2 is 1.81 bits per heavy atom. The highest BCUT2D eigenvalue weighted by Gasteiger charge is 2.13. The maximum absolute atomic E-state index is 11.8. The minimum absolute atomic E-state index is 0.0972. The van der Waals surface area contributed by atoms with Crippen molar-refractivity contribution in [3.05, 3.63) is 18.5 Å². The Balaban J connectivity index is 2.58. The zero-order valence-corrected chi connectivity index (χ0v) is 10.1. The third-order valence-corrected chi connectivity index (χ3v) is 2.38. The number of hydrogen-bond donors (Lipinski definition) is 0. The number of rotatable bonds is 5. The second-order valence-electron chi connectivity index (χ2n) is 3.47. The Morgan fingerprint density at radius 3 is 2.31 bits per heavy atom. The first kappa shape index (κ1) is 12.4. The molecule has 16 heavy (non-hydrogen) atoms. The van der Waals surface area contributed by atoms with Crippen LogP contribution in [0.3, 0.4) is 0 Å². The maximum Gasteiger partial charge on any atom is 0.242 e. The first-order chi connectivity index (χ1) is 7.69. The number of nitrogens with zero attached hydrogens (tertiary/aromatic N) is 4. The first-order valence-electron chi connectivity index (χ1n) is 5.45. The lowest BCUT2D eigenvalue weighted by Crippen LogP contribution is -2.39. The van der Waals surface area contributed by atoms with E-state index in [1.54, 1.807) is 28.3 Å². The van der Waals surface area contributed by atoms with E-state index in [4.69, 9.17) is 0 Å². The van der Waals surface area contributed by atoms with Gasteiger partial charge in [-0.3, -0.25) is 4.79 Å². The lowest BCUT2D eigenvalue weighted by Gasteiger charge is -2.22. The van der Waals surface area contributed by atoms with E-state index in [0.29, 0.717) is 12.5 Å². The van der Waals surface area contributed by atoms with Crippen molar-refractivity contribution in [1.29, 1.82) is 0 Å². The van der Waals surface area contributed by atoms with Crippen molar-refractivity contribution in [2.24, 2.45) is 0 Å². The van der Waals surface area contributed by atoms with Crippen molar-refractivity contribution in [1.82, 2.24) is 14.9 Å². The highest BCUT2D eigenvalue weighted by molar-refractivity contribution is 5.80. The van der Waals surface area contributed by atoms with Gasteiger partial charge in [-0.25, -0.2) is 9.97 Å². The van der Waals surface area contributed by atoms with Gasteiger partial charge in [-0.2, -0.15) is 0 Å². The summed E-state index contributed by atoms with van der Waals surface area (Å²) in [5, 5.41) is 0. The molecule has 0 saturated heterocycles. The van der Waals surface area contributed by atoms with Gasteiger partial charge in [0.25, 0.3) is 0 Å². The Kier molecular flexibility index (Phi) is 4.69. The van der Waals surface area contributed by atoms with E-state index in [1.165, 1.54) is 0 Å². The number of hydrogen-bond acceptors (Lipinski definition) is 4. The van der Waals surface area contributed by atoms with E-state index in [0.717, 1.165) is 13.1 Å². The van der Waals surface area contributed by atoms with E-state index in [2.05, 4.69) is 9.97 Å². The van der Waals surface area contributed by atoms with Crippen molar-refractivity contribution in [3.8, 4) is 0 Å². The van der Waals surface area contributed by atoms with Gasteiger partial charge in [0.05, 0.1) is 6.54 Å². The number of amides is 1. The fraction of sp³-hybridized carbons (Fsp3) is 0.545. The molecule has 5 heteroatoms. The third kappa shape index (κ3) is 3.18. The molecule has 0 fully saturated rings. The molecule has 1 rings (SSSR count). The molecule has 0 N–H and O–H groups in total. The Hall–Kier alpha value is -1.65. The van der Waals surface area contributed by atoms with Crippen molar-refractivity contribution >= 4 is 11.9 Å². The second-order valence-corrected chi connectivity index (χ2v) is 3.47. The molecular weight excluding hydrogens is 204 g/mol. The molecule has 5 nitrogen and oxygen atoms in total. The van der Waals surface area contributed by atoms with Gasteiger partial charge in [0.2, 0.25) is 11.9 Å². The Labute approximate surface area is 96.1 Å². The van der Waals surface area contributed by atoms with Crippen LogP contribution >= 0.6 is 0 Å². The number of carbonyl (C=O) groups excluding carboxylic acids is 1. The van der Waals surface area contributed by atoms with Crippen molar-refractivity contribution < 1.29 is 4.79 Å². The highest BCUT2D eigenvalue weighted by atomic mass is 16.2. The molecular formula is C11H18N4O. The molecule has 0 aliphatic rings. The number of likely N-dealkylation sites (N-methyl/N-ethyl adjacent to an activating group) is 2. The summed E-state index contributed by atoms with van der Waals surface area (Å²) in [4.78, 5) is 23.5. The average molecular weight is 222 g/mol. The molecule has 0 atom stereocenters. The Bertz CT molecular complexity index is 324. The van der Waals surface area contributed by atoms with E-state index in [-0.39, 0.29) is 5.91 Å². The van der Waals surface area contributed by atoms with E-state index >= 15 is 0 Å². The van der Waals surface area contributed by atoms with E-state index in [9.17, 15) is 4.79 Å². The minimum atomic E-state index is 0.0972. The predicted molar refractivity (Wildman–Crippen MR) is 63.2 cm³/mol. The molecule has 0 aliphatic heterocycles. The molecule has 0 radical (unpaired) electrons. The molecule has 1 aromatic rings. The third-order valence-electron chi connectivity index (χ3n) is 2.38. The highest BCUT2D eigenvalue weighted by Crippen LogP contribution is 2.02. The second kappa shape index (κ2) is 6.05. The summed E-state index contributed by atoms with van der Waals surface area (Å²) < 4.78 is 0. The predicted octanol–water partition coefficient (Wildman–Crippen LogP) is 0.781. The van der Waals surface area contributed by atoms with E-state index < -0.39 is 0 Å². The first-order valence-corrected chi connectivity index (χ1v) is 5.45. The average Bonchev–Trinajstić information content (AvgIpc) is 2.31. The SMILES string of the molecule is CCN(CC)C(=O)CN(C)c1ncccn1. The summed E-state index contributed by atoms with van der Waals surface area (Å²) in [6, 6.07) is 1.75. The Morgan fingerprint density at radius 1 is 1.25 bits per heavy atom. The van der Waals surface area contributed by atoms with Crippen LogP contribution < -0.4 is 4.90 Å². The molecule has 0 saturated carbocycles. The molecule has 1 heterocycles. The zero-order chi connectivity index (χ0) is 12.0. The van der Waals surface area contributed by atoms with Crippen LogP contribution in [0.4, 0.5) is 5.95 Å². The van der Waals surface area contributed by atoms with Gasteiger partial charge in [0.15, 0.2) is 0 Å². The lowest BCUT2D eigenvalue weighted by atomic mass is 10.4. The number of aromatic nitrogens is 2. The minimum Gasteiger partial charge on any atom is -0.342 e.